The maximum atomic E-state index is 12.9. The molecule has 3 fully saturated rings. The Morgan fingerprint density at radius 2 is 1.76 bits per heavy atom. The van der Waals surface area contributed by atoms with Crippen LogP contribution in [0.3, 0.4) is 0 Å². The van der Waals surface area contributed by atoms with Crippen LogP contribution < -0.4 is 9.80 Å². The Bertz CT molecular complexity index is 686. The molecule has 1 amide bonds. The Kier molecular flexibility index (Phi) is 6.50. The Morgan fingerprint density at radius 3 is 2.48 bits per heavy atom. The molecule has 0 aliphatic carbocycles. The van der Waals surface area contributed by atoms with Gasteiger partial charge in [0.1, 0.15) is 0 Å². The highest BCUT2D eigenvalue weighted by Gasteiger charge is 2.34. The number of carbonyl (C=O) groups is 1. The first kappa shape index (κ1) is 20.3. The number of hydrogen-bond donors (Lipinski definition) is 0. The Labute approximate surface area is 173 Å². The summed E-state index contributed by atoms with van der Waals surface area (Å²) in [5, 5.41) is 0. The van der Waals surface area contributed by atoms with Crippen LogP contribution in [0.1, 0.15) is 25.7 Å². The first-order valence-electron chi connectivity index (χ1n) is 11.0. The minimum absolute atomic E-state index is 0.153. The Morgan fingerprint density at radius 1 is 1.03 bits per heavy atom. The molecule has 0 bridgehead atoms. The molecule has 0 aromatic carbocycles. The first-order chi connectivity index (χ1) is 14.1. The van der Waals surface area contributed by atoms with E-state index in [0.29, 0.717) is 25.2 Å². The molecule has 0 spiro atoms. The van der Waals surface area contributed by atoms with Crippen LogP contribution in [-0.2, 0) is 9.53 Å². The lowest BCUT2D eigenvalue weighted by atomic mass is 9.92. The quantitative estimate of drug-likeness (QED) is 0.747. The smallest absolute Gasteiger partial charge is 0.227 e. The Balaban J connectivity index is 1.33. The second kappa shape index (κ2) is 9.26. The van der Waals surface area contributed by atoms with Gasteiger partial charge in [-0.15, -0.1) is 0 Å². The van der Waals surface area contributed by atoms with Gasteiger partial charge in [0.25, 0.3) is 0 Å². The highest BCUT2D eigenvalue weighted by atomic mass is 16.5. The van der Waals surface area contributed by atoms with Crippen LogP contribution in [0.2, 0.25) is 0 Å². The second-order valence-corrected chi connectivity index (χ2v) is 8.59. The maximum Gasteiger partial charge on any atom is 0.227 e. The average Bonchev–Trinajstić information content (AvgIpc) is 2.79. The number of anilines is 2. The molecule has 1 aromatic rings. The molecule has 0 radical (unpaired) electrons. The van der Waals surface area contributed by atoms with Crippen molar-refractivity contribution in [3.63, 3.8) is 0 Å². The van der Waals surface area contributed by atoms with Gasteiger partial charge in [0.2, 0.25) is 5.91 Å². The molecule has 3 aliphatic heterocycles. The molecule has 160 valence electrons. The van der Waals surface area contributed by atoms with Gasteiger partial charge in [-0.05, 0) is 32.2 Å². The lowest BCUT2D eigenvalue weighted by Crippen LogP contribution is -2.52. The van der Waals surface area contributed by atoms with Crippen LogP contribution in [0.4, 0.5) is 11.6 Å². The number of carbonyl (C=O) groups excluding carboxylic acids is 1. The summed E-state index contributed by atoms with van der Waals surface area (Å²) in [7, 11) is 4.03. The van der Waals surface area contributed by atoms with E-state index in [1.54, 1.807) is 12.4 Å². The summed E-state index contributed by atoms with van der Waals surface area (Å²) in [4.78, 5) is 31.0. The highest BCUT2D eigenvalue weighted by Crippen LogP contribution is 2.29. The fourth-order valence-corrected chi connectivity index (χ4v) is 4.89. The molecule has 4 rings (SSSR count). The fourth-order valence-electron chi connectivity index (χ4n) is 4.89. The number of rotatable bonds is 4. The van der Waals surface area contributed by atoms with Gasteiger partial charge in [-0.2, -0.15) is 0 Å². The van der Waals surface area contributed by atoms with E-state index in [0.717, 1.165) is 76.6 Å². The standard InChI is InChI=1S/C21H34N6O2/c1-24(2)19-20(23-8-7-22-19)25-10-5-18(6-11-25)27-9-3-4-17(16-27)21(28)26-12-14-29-15-13-26/h7-8,17-18H,3-6,9-16H2,1-2H3. The van der Waals surface area contributed by atoms with Gasteiger partial charge in [-0.3, -0.25) is 9.69 Å². The molecule has 1 atom stereocenters. The van der Waals surface area contributed by atoms with E-state index in [-0.39, 0.29) is 5.92 Å². The summed E-state index contributed by atoms with van der Waals surface area (Å²) in [6.45, 7) is 6.86. The van der Waals surface area contributed by atoms with E-state index >= 15 is 0 Å². The van der Waals surface area contributed by atoms with E-state index in [1.165, 1.54) is 0 Å². The van der Waals surface area contributed by atoms with Gasteiger partial charge in [0.15, 0.2) is 11.6 Å². The molecule has 4 heterocycles. The van der Waals surface area contributed by atoms with Gasteiger partial charge in [-0.1, -0.05) is 0 Å². The van der Waals surface area contributed by atoms with Crippen LogP contribution in [0, 0.1) is 5.92 Å². The minimum atomic E-state index is 0.153. The SMILES string of the molecule is CN(C)c1nccnc1N1CCC(N2CCCC(C(=O)N3CCOCC3)C2)CC1. The topological polar surface area (TPSA) is 65.0 Å². The Hall–Kier alpha value is -1.93. The van der Waals surface area contributed by atoms with E-state index < -0.39 is 0 Å². The monoisotopic (exact) mass is 402 g/mol. The van der Waals surface area contributed by atoms with Crippen molar-refractivity contribution in [2.75, 3.05) is 76.4 Å². The third-order valence-corrected chi connectivity index (χ3v) is 6.49. The normalized spacial score (nSPS) is 24.6. The molecule has 1 aromatic heterocycles. The van der Waals surface area contributed by atoms with Crippen LogP contribution in [0.5, 0.6) is 0 Å². The molecule has 3 saturated heterocycles. The van der Waals surface area contributed by atoms with E-state index in [9.17, 15) is 4.79 Å². The second-order valence-electron chi connectivity index (χ2n) is 8.59. The van der Waals surface area contributed by atoms with Crippen LogP contribution >= 0.6 is 0 Å². The summed E-state index contributed by atoms with van der Waals surface area (Å²) in [5.41, 5.74) is 0. The molecular formula is C21H34N6O2. The van der Waals surface area contributed by atoms with Crippen LogP contribution in [0.15, 0.2) is 12.4 Å². The fraction of sp³-hybridized carbons (Fsp3) is 0.762. The third kappa shape index (κ3) is 4.64. The summed E-state index contributed by atoms with van der Waals surface area (Å²) in [5.74, 6) is 2.40. The van der Waals surface area contributed by atoms with E-state index in [2.05, 4.69) is 19.8 Å². The molecular weight excluding hydrogens is 368 g/mol. The van der Waals surface area contributed by atoms with Gasteiger partial charge in [0, 0.05) is 65.3 Å². The zero-order valence-corrected chi connectivity index (χ0v) is 17.8. The number of amides is 1. The number of ether oxygens (including phenoxy) is 1. The molecule has 3 aliphatic rings. The van der Waals surface area contributed by atoms with Crippen LogP contribution in [-0.4, -0.2) is 98.3 Å². The number of morpholine rings is 1. The number of likely N-dealkylation sites (tertiary alicyclic amines) is 1. The largest absolute Gasteiger partial charge is 0.378 e. The molecule has 8 heteroatoms. The summed E-state index contributed by atoms with van der Waals surface area (Å²) >= 11 is 0. The predicted molar refractivity (Wildman–Crippen MR) is 113 cm³/mol. The van der Waals surface area contributed by atoms with Crippen molar-refractivity contribution < 1.29 is 9.53 Å². The number of aromatic nitrogens is 2. The lowest BCUT2D eigenvalue weighted by Gasteiger charge is -2.43. The number of hydrogen-bond acceptors (Lipinski definition) is 7. The highest BCUT2D eigenvalue weighted by molar-refractivity contribution is 5.79. The maximum absolute atomic E-state index is 12.9. The van der Waals surface area contributed by atoms with Crippen LogP contribution in [0.25, 0.3) is 0 Å². The number of nitrogens with zero attached hydrogens (tertiary/aromatic N) is 6. The van der Waals surface area contributed by atoms with Gasteiger partial charge in [-0.25, -0.2) is 9.97 Å². The van der Waals surface area contributed by atoms with Gasteiger partial charge in [0.05, 0.1) is 19.1 Å². The van der Waals surface area contributed by atoms with Gasteiger partial charge >= 0.3 is 0 Å². The zero-order chi connectivity index (χ0) is 20.2. The summed E-state index contributed by atoms with van der Waals surface area (Å²) in [6, 6.07) is 0.561. The van der Waals surface area contributed by atoms with Crippen molar-refractivity contribution in [2.24, 2.45) is 5.92 Å². The number of piperidine rings is 2. The van der Waals surface area contributed by atoms with Crippen molar-refractivity contribution in [1.82, 2.24) is 19.8 Å². The van der Waals surface area contributed by atoms with Crippen molar-refractivity contribution in [1.29, 1.82) is 0 Å². The summed E-state index contributed by atoms with van der Waals surface area (Å²) in [6.07, 6.45) is 7.91. The van der Waals surface area contributed by atoms with E-state index in [1.807, 2.05) is 23.9 Å². The van der Waals surface area contributed by atoms with Crippen molar-refractivity contribution in [3.05, 3.63) is 12.4 Å². The van der Waals surface area contributed by atoms with Crippen molar-refractivity contribution in [2.45, 2.75) is 31.7 Å². The lowest BCUT2D eigenvalue weighted by molar-refractivity contribution is -0.141. The molecule has 0 N–H and O–H groups in total. The minimum Gasteiger partial charge on any atom is -0.378 e. The third-order valence-electron chi connectivity index (χ3n) is 6.49. The molecule has 8 nitrogen and oxygen atoms in total. The van der Waals surface area contributed by atoms with Crippen molar-refractivity contribution in [3.8, 4) is 0 Å². The van der Waals surface area contributed by atoms with Crippen molar-refractivity contribution >= 4 is 17.5 Å². The van der Waals surface area contributed by atoms with E-state index in [4.69, 9.17) is 4.74 Å². The summed E-state index contributed by atoms with van der Waals surface area (Å²) < 4.78 is 5.40. The average molecular weight is 403 g/mol. The molecule has 0 saturated carbocycles. The predicted octanol–water partition coefficient (Wildman–Crippen LogP) is 1.08. The molecule has 1 unspecified atom stereocenters. The zero-order valence-electron chi connectivity index (χ0n) is 17.8. The van der Waals surface area contributed by atoms with Gasteiger partial charge < -0.3 is 19.4 Å². The molecule has 29 heavy (non-hydrogen) atoms. The first-order valence-corrected chi connectivity index (χ1v) is 11.0.